The summed E-state index contributed by atoms with van der Waals surface area (Å²) in [7, 11) is 0. The van der Waals surface area contributed by atoms with Crippen molar-refractivity contribution in [2.75, 3.05) is 0 Å². The third-order valence-electron chi connectivity index (χ3n) is 2.66. The number of aromatic nitrogens is 2. The van der Waals surface area contributed by atoms with E-state index in [1.807, 2.05) is 13.8 Å². The normalized spacial score (nSPS) is 10.9. The fourth-order valence-corrected chi connectivity index (χ4v) is 1.89. The van der Waals surface area contributed by atoms with Crippen LogP contribution in [0, 0.1) is 5.82 Å². The number of rotatable bonds is 3. The molecule has 1 heterocycles. The number of carboxylic acids is 1. The zero-order chi connectivity index (χ0) is 13.3. The summed E-state index contributed by atoms with van der Waals surface area (Å²) in [4.78, 5) is 11.1. The van der Waals surface area contributed by atoms with Crippen molar-refractivity contribution >= 4 is 5.97 Å². The molecule has 94 valence electrons. The van der Waals surface area contributed by atoms with Crippen molar-refractivity contribution in [1.29, 1.82) is 0 Å². The van der Waals surface area contributed by atoms with Gasteiger partial charge in [-0.1, -0.05) is 26.0 Å². The zero-order valence-electron chi connectivity index (χ0n) is 10.1. The first kappa shape index (κ1) is 12.3. The van der Waals surface area contributed by atoms with E-state index in [-0.39, 0.29) is 17.2 Å². The van der Waals surface area contributed by atoms with Crippen LogP contribution in [0.2, 0.25) is 0 Å². The van der Waals surface area contributed by atoms with Crippen LogP contribution in [-0.4, -0.2) is 20.9 Å². The average Bonchev–Trinajstić information content (AvgIpc) is 2.74. The standard InChI is InChI=1S/C13H13FN2O2/c1-8(2)12-9(13(17)18)7-15-16(12)11-6-4-3-5-10(11)14/h3-8H,1-2H3,(H,17,18). The lowest BCUT2D eigenvalue weighted by Gasteiger charge is -2.11. The maximum absolute atomic E-state index is 13.7. The Morgan fingerprint density at radius 3 is 2.61 bits per heavy atom. The van der Waals surface area contributed by atoms with E-state index in [0.717, 1.165) is 0 Å². The zero-order valence-corrected chi connectivity index (χ0v) is 10.1. The molecule has 2 rings (SSSR count). The van der Waals surface area contributed by atoms with Crippen molar-refractivity contribution in [2.24, 2.45) is 0 Å². The van der Waals surface area contributed by atoms with Gasteiger partial charge in [-0.2, -0.15) is 5.10 Å². The number of benzene rings is 1. The summed E-state index contributed by atoms with van der Waals surface area (Å²) >= 11 is 0. The molecule has 0 atom stereocenters. The third-order valence-corrected chi connectivity index (χ3v) is 2.66. The van der Waals surface area contributed by atoms with E-state index in [1.165, 1.54) is 16.9 Å². The number of halogens is 1. The second-order valence-electron chi connectivity index (χ2n) is 4.27. The second-order valence-corrected chi connectivity index (χ2v) is 4.27. The molecule has 1 N–H and O–H groups in total. The van der Waals surface area contributed by atoms with Crippen LogP contribution >= 0.6 is 0 Å². The highest BCUT2D eigenvalue weighted by Crippen LogP contribution is 2.24. The first-order chi connectivity index (χ1) is 8.52. The van der Waals surface area contributed by atoms with E-state index < -0.39 is 11.8 Å². The topological polar surface area (TPSA) is 55.1 Å². The SMILES string of the molecule is CC(C)c1c(C(=O)O)cnn1-c1ccccc1F. The predicted molar refractivity (Wildman–Crippen MR) is 64.6 cm³/mol. The molecule has 0 unspecified atom stereocenters. The molecule has 0 bridgehead atoms. The number of aromatic carboxylic acids is 1. The average molecular weight is 248 g/mol. The monoisotopic (exact) mass is 248 g/mol. The summed E-state index contributed by atoms with van der Waals surface area (Å²) in [5.74, 6) is -1.56. The Morgan fingerprint density at radius 2 is 2.06 bits per heavy atom. The van der Waals surface area contributed by atoms with Gasteiger partial charge in [0.05, 0.1) is 11.9 Å². The van der Waals surface area contributed by atoms with Gasteiger partial charge in [0.1, 0.15) is 17.1 Å². The first-order valence-electron chi connectivity index (χ1n) is 5.58. The number of carbonyl (C=O) groups is 1. The molecule has 18 heavy (non-hydrogen) atoms. The van der Waals surface area contributed by atoms with Gasteiger partial charge in [0.15, 0.2) is 0 Å². The molecule has 2 aromatic rings. The molecule has 1 aromatic heterocycles. The molecular formula is C13H13FN2O2. The minimum absolute atomic E-state index is 0.0711. The fraction of sp³-hybridized carbons (Fsp3) is 0.231. The van der Waals surface area contributed by atoms with Gasteiger partial charge in [0.25, 0.3) is 0 Å². The van der Waals surface area contributed by atoms with Crippen molar-refractivity contribution in [3.8, 4) is 5.69 Å². The molecule has 0 aliphatic heterocycles. The van der Waals surface area contributed by atoms with Gasteiger partial charge in [-0.3, -0.25) is 0 Å². The molecular weight excluding hydrogens is 235 g/mol. The molecule has 0 radical (unpaired) electrons. The summed E-state index contributed by atoms with van der Waals surface area (Å²) in [6, 6.07) is 6.15. The fourth-order valence-electron chi connectivity index (χ4n) is 1.89. The van der Waals surface area contributed by atoms with Gasteiger partial charge in [-0.15, -0.1) is 0 Å². The van der Waals surface area contributed by atoms with Crippen molar-refractivity contribution in [3.63, 3.8) is 0 Å². The molecule has 4 nitrogen and oxygen atoms in total. The second kappa shape index (κ2) is 4.60. The van der Waals surface area contributed by atoms with E-state index in [2.05, 4.69) is 5.10 Å². The quantitative estimate of drug-likeness (QED) is 0.908. The number of hydrogen-bond donors (Lipinski definition) is 1. The Labute approximate surface area is 104 Å². The molecule has 5 heteroatoms. The van der Waals surface area contributed by atoms with E-state index in [0.29, 0.717) is 5.69 Å². The van der Waals surface area contributed by atoms with Crippen LogP contribution in [0.25, 0.3) is 5.69 Å². The molecule has 0 aliphatic carbocycles. The Bertz CT molecular complexity index is 590. The van der Waals surface area contributed by atoms with E-state index in [9.17, 15) is 9.18 Å². The summed E-state index contributed by atoms with van der Waals surface area (Å²) in [6.45, 7) is 3.70. The molecule has 0 fully saturated rings. The van der Waals surface area contributed by atoms with Crippen LogP contribution < -0.4 is 0 Å². The molecule has 0 amide bonds. The number of carboxylic acid groups (broad SMARTS) is 1. The van der Waals surface area contributed by atoms with E-state index in [1.54, 1.807) is 18.2 Å². The van der Waals surface area contributed by atoms with Crippen molar-refractivity contribution in [1.82, 2.24) is 9.78 Å². The minimum Gasteiger partial charge on any atom is -0.478 e. The third kappa shape index (κ3) is 1.99. The van der Waals surface area contributed by atoms with Crippen LogP contribution in [0.1, 0.15) is 35.8 Å². The number of para-hydroxylation sites is 1. The largest absolute Gasteiger partial charge is 0.478 e. The summed E-state index contributed by atoms with van der Waals surface area (Å²) in [6.07, 6.45) is 1.25. The Kier molecular flexibility index (Phi) is 3.14. The highest BCUT2D eigenvalue weighted by atomic mass is 19.1. The van der Waals surface area contributed by atoms with Gasteiger partial charge in [-0.25, -0.2) is 13.9 Å². The summed E-state index contributed by atoms with van der Waals surface area (Å²) in [5, 5.41) is 13.1. The molecule has 0 spiro atoms. The van der Waals surface area contributed by atoms with Crippen LogP contribution in [0.3, 0.4) is 0 Å². The lowest BCUT2D eigenvalue weighted by Crippen LogP contribution is -2.09. The Balaban J connectivity index is 2.66. The predicted octanol–water partition coefficient (Wildman–Crippen LogP) is 2.83. The van der Waals surface area contributed by atoms with E-state index in [4.69, 9.17) is 5.11 Å². The highest BCUT2D eigenvalue weighted by Gasteiger charge is 2.21. The smallest absolute Gasteiger partial charge is 0.339 e. The number of nitrogens with zero attached hydrogens (tertiary/aromatic N) is 2. The van der Waals surface area contributed by atoms with Crippen molar-refractivity contribution in [2.45, 2.75) is 19.8 Å². The lowest BCUT2D eigenvalue weighted by molar-refractivity contribution is 0.0695. The first-order valence-corrected chi connectivity index (χ1v) is 5.58. The van der Waals surface area contributed by atoms with Gasteiger partial charge in [0, 0.05) is 0 Å². The molecule has 0 saturated carbocycles. The van der Waals surface area contributed by atoms with Crippen molar-refractivity contribution < 1.29 is 14.3 Å². The molecule has 1 aromatic carbocycles. The van der Waals surface area contributed by atoms with Crippen LogP contribution in [0.15, 0.2) is 30.5 Å². The maximum atomic E-state index is 13.7. The number of hydrogen-bond acceptors (Lipinski definition) is 2. The van der Waals surface area contributed by atoms with Crippen LogP contribution in [-0.2, 0) is 0 Å². The van der Waals surface area contributed by atoms with Gasteiger partial charge in [0.2, 0.25) is 0 Å². The van der Waals surface area contributed by atoms with E-state index >= 15 is 0 Å². The minimum atomic E-state index is -1.05. The maximum Gasteiger partial charge on any atom is 0.339 e. The summed E-state index contributed by atoms with van der Waals surface area (Å²) < 4.78 is 15.1. The van der Waals surface area contributed by atoms with Gasteiger partial charge >= 0.3 is 5.97 Å². The van der Waals surface area contributed by atoms with Crippen molar-refractivity contribution in [3.05, 3.63) is 47.5 Å². The Morgan fingerprint density at radius 1 is 1.39 bits per heavy atom. The summed E-state index contributed by atoms with van der Waals surface area (Å²) in [5.41, 5.74) is 0.856. The lowest BCUT2D eigenvalue weighted by atomic mass is 10.1. The highest BCUT2D eigenvalue weighted by molar-refractivity contribution is 5.89. The Hall–Kier alpha value is -2.17. The molecule has 0 aliphatic rings. The molecule has 0 saturated heterocycles. The van der Waals surface area contributed by atoms with Gasteiger partial charge < -0.3 is 5.11 Å². The van der Waals surface area contributed by atoms with Gasteiger partial charge in [-0.05, 0) is 18.1 Å². The van der Waals surface area contributed by atoms with Crippen LogP contribution in [0.5, 0.6) is 0 Å². The van der Waals surface area contributed by atoms with Crippen LogP contribution in [0.4, 0.5) is 4.39 Å².